The van der Waals surface area contributed by atoms with Gasteiger partial charge in [0.2, 0.25) is 0 Å². The van der Waals surface area contributed by atoms with Gasteiger partial charge in [0.15, 0.2) is 5.79 Å². The Morgan fingerprint density at radius 2 is 1.89 bits per heavy atom. The molecule has 1 unspecified atom stereocenters. The minimum atomic E-state index is -1.65. The molecule has 1 heterocycles. The first-order chi connectivity index (χ1) is 8.68. The molecule has 0 radical (unpaired) electrons. The van der Waals surface area contributed by atoms with Crippen LogP contribution in [0.2, 0.25) is 0 Å². The fraction of sp³-hybridized carbons (Fsp3) is 1.00. The summed E-state index contributed by atoms with van der Waals surface area (Å²) in [6.45, 7) is 3.40. The van der Waals surface area contributed by atoms with Gasteiger partial charge in [-0.05, 0) is 19.8 Å². The minimum absolute atomic E-state index is 0.0918. The second-order valence-electron chi connectivity index (χ2n) is 4.96. The maximum absolute atomic E-state index is 11.6. The van der Waals surface area contributed by atoms with E-state index in [0.717, 1.165) is 25.7 Å². The van der Waals surface area contributed by atoms with E-state index >= 15 is 0 Å². The second-order valence-corrected chi connectivity index (χ2v) is 5.80. The molecule has 106 valence electrons. The highest BCUT2D eigenvalue weighted by Crippen LogP contribution is 2.23. The van der Waals surface area contributed by atoms with Crippen molar-refractivity contribution >= 4 is 11.4 Å². The lowest BCUT2D eigenvalue weighted by Gasteiger charge is -2.22. The molecular formula is C12H22O5S. The zero-order valence-electron chi connectivity index (χ0n) is 10.9. The number of hydrogen-bond acceptors (Lipinski definition) is 5. The molecule has 2 aliphatic rings. The van der Waals surface area contributed by atoms with Gasteiger partial charge in [0.1, 0.15) is 0 Å². The Morgan fingerprint density at radius 3 is 2.56 bits per heavy atom. The zero-order chi connectivity index (χ0) is 12.8. The average Bonchev–Trinajstić information content (AvgIpc) is 2.77. The number of hydrogen-bond donors (Lipinski definition) is 0. The Kier molecular flexibility index (Phi) is 5.56. The van der Waals surface area contributed by atoms with Gasteiger partial charge in [0.25, 0.3) is 0 Å². The third-order valence-electron chi connectivity index (χ3n) is 3.40. The van der Waals surface area contributed by atoms with Crippen molar-refractivity contribution in [3.8, 4) is 0 Å². The maximum Gasteiger partial charge on any atom is 0.304 e. The fourth-order valence-corrected chi connectivity index (χ4v) is 2.99. The van der Waals surface area contributed by atoms with Gasteiger partial charge < -0.3 is 9.47 Å². The van der Waals surface area contributed by atoms with Crippen LogP contribution in [0.25, 0.3) is 0 Å². The largest absolute Gasteiger partial charge is 0.348 e. The van der Waals surface area contributed by atoms with Crippen LogP contribution in [0.3, 0.4) is 0 Å². The fourth-order valence-electron chi connectivity index (χ4n) is 2.30. The summed E-state index contributed by atoms with van der Waals surface area (Å²) in [6.07, 6.45) is 6.18. The smallest absolute Gasteiger partial charge is 0.304 e. The molecule has 2 rings (SSSR count). The molecule has 0 aromatic rings. The third kappa shape index (κ3) is 4.59. The van der Waals surface area contributed by atoms with Crippen molar-refractivity contribution in [2.45, 2.75) is 57.3 Å². The average molecular weight is 278 g/mol. The highest BCUT2D eigenvalue weighted by molar-refractivity contribution is 7.75. The number of ether oxygens (including phenoxy) is 2. The van der Waals surface area contributed by atoms with Crippen LogP contribution in [0.15, 0.2) is 0 Å². The predicted octanol–water partition coefficient (Wildman–Crippen LogP) is 2.08. The summed E-state index contributed by atoms with van der Waals surface area (Å²) in [7, 11) is 0. The summed E-state index contributed by atoms with van der Waals surface area (Å²) in [6, 6.07) is 0. The quantitative estimate of drug-likeness (QED) is 0.744. The van der Waals surface area contributed by atoms with Crippen molar-refractivity contribution in [2.24, 2.45) is 0 Å². The van der Waals surface area contributed by atoms with Crippen molar-refractivity contribution in [2.75, 3.05) is 19.8 Å². The Bertz CT molecular complexity index is 272. The number of rotatable bonds is 6. The highest BCUT2D eigenvalue weighted by Gasteiger charge is 2.30. The zero-order valence-corrected chi connectivity index (χ0v) is 11.7. The van der Waals surface area contributed by atoms with E-state index in [9.17, 15) is 4.21 Å². The monoisotopic (exact) mass is 278 g/mol. The molecule has 1 aliphatic carbocycles. The van der Waals surface area contributed by atoms with Crippen molar-refractivity contribution in [1.29, 1.82) is 0 Å². The van der Waals surface area contributed by atoms with E-state index < -0.39 is 17.1 Å². The van der Waals surface area contributed by atoms with Crippen LogP contribution in [0.5, 0.6) is 0 Å². The topological polar surface area (TPSA) is 54.0 Å². The minimum Gasteiger partial charge on any atom is -0.348 e. The summed E-state index contributed by atoms with van der Waals surface area (Å²) < 4.78 is 33.0. The summed E-state index contributed by atoms with van der Waals surface area (Å²) in [5, 5.41) is 0. The summed E-state index contributed by atoms with van der Waals surface area (Å²) in [5.41, 5.74) is 0. The molecule has 0 aromatic heterocycles. The first-order valence-electron chi connectivity index (χ1n) is 6.68. The van der Waals surface area contributed by atoms with Crippen molar-refractivity contribution in [3.63, 3.8) is 0 Å². The van der Waals surface area contributed by atoms with E-state index in [0.29, 0.717) is 26.2 Å². The second kappa shape index (κ2) is 6.96. The molecule has 1 atom stereocenters. The van der Waals surface area contributed by atoms with E-state index in [1.54, 1.807) is 0 Å². The molecule has 0 aromatic carbocycles. The van der Waals surface area contributed by atoms with Crippen LogP contribution in [-0.2, 0) is 29.2 Å². The predicted molar refractivity (Wildman–Crippen MR) is 67.0 cm³/mol. The van der Waals surface area contributed by atoms with Gasteiger partial charge >= 0.3 is 11.4 Å². The van der Waals surface area contributed by atoms with Crippen LogP contribution in [0.1, 0.15) is 45.4 Å². The van der Waals surface area contributed by atoms with Gasteiger partial charge in [-0.2, -0.15) is 4.21 Å². The summed E-state index contributed by atoms with van der Waals surface area (Å²) in [4.78, 5) is 0. The van der Waals surface area contributed by atoms with E-state index in [1.165, 1.54) is 6.42 Å². The molecule has 1 saturated carbocycles. The normalized spacial score (nSPS) is 26.3. The molecule has 0 N–H and O–H groups in total. The van der Waals surface area contributed by atoms with E-state index in [-0.39, 0.29) is 6.10 Å². The van der Waals surface area contributed by atoms with E-state index in [2.05, 4.69) is 0 Å². The Balaban J connectivity index is 1.59. The molecule has 6 heteroatoms. The summed E-state index contributed by atoms with van der Waals surface area (Å²) >= 11 is -1.65. The summed E-state index contributed by atoms with van der Waals surface area (Å²) in [5.74, 6) is -0.588. The molecule has 2 fully saturated rings. The van der Waals surface area contributed by atoms with Gasteiger partial charge in [-0.1, -0.05) is 19.3 Å². The molecule has 1 saturated heterocycles. The van der Waals surface area contributed by atoms with Gasteiger partial charge in [-0.15, -0.1) is 0 Å². The van der Waals surface area contributed by atoms with E-state index in [1.807, 2.05) is 6.92 Å². The van der Waals surface area contributed by atoms with E-state index in [4.69, 9.17) is 17.8 Å². The lowest BCUT2D eigenvalue weighted by molar-refractivity contribution is -0.150. The first-order valence-corrected chi connectivity index (χ1v) is 7.68. The van der Waals surface area contributed by atoms with Crippen molar-refractivity contribution in [3.05, 3.63) is 0 Å². The Morgan fingerprint density at radius 1 is 1.22 bits per heavy atom. The van der Waals surface area contributed by atoms with Crippen LogP contribution in [0.4, 0.5) is 0 Å². The Labute approximate surface area is 111 Å². The highest BCUT2D eigenvalue weighted by atomic mass is 32.2. The lowest BCUT2D eigenvalue weighted by atomic mass is 9.98. The molecule has 0 amide bonds. The molecule has 18 heavy (non-hydrogen) atoms. The molecule has 5 nitrogen and oxygen atoms in total. The molecule has 1 aliphatic heterocycles. The third-order valence-corrected chi connectivity index (χ3v) is 4.19. The van der Waals surface area contributed by atoms with Crippen molar-refractivity contribution in [1.82, 2.24) is 0 Å². The first kappa shape index (κ1) is 14.4. The van der Waals surface area contributed by atoms with Crippen molar-refractivity contribution < 1.29 is 22.0 Å². The van der Waals surface area contributed by atoms with Crippen LogP contribution < -0.4 is 0 Å². The van der Waals surface area contributed by atoms with Gasteiger partial charge in [-0.25, -0.2) is 0 Å². The van der Waals surface area contributed by atoms with Gasteiger partial charge in [-0.3, -0.25) is 8.37 Å². The SMILES string of the molecule is CC1(CCOS(=O)OC2CCCCC2)OCCO1. The molecular weight excluding hydrogens is 256 g/mol. The molecule has 0 bridgehead atoms. The van der Waals surface area contributed by atoms with Crippen LogP contribution >= 0.6 is 0 Å². The van der Waals surface area contributed by atoms with Crippen LogP contribution in [0, 0.1) is 0 Å². The molecule has 0 spiro atoms. The standard InChI is InChI=1S/C12H22O5S/c1-12(14-9-10-15-12)7-8-16-18(13)17-11-5-3-2-4-6-11/h11H,2-10H2,1H3. The van der Waals surface area contributed by atoms with Gasteiger partial charge in [0, 0.05) is 6.42 Å². The lowest BCUT2D eigenvalue weighted by Crippen LogP contribution is -2.28. The van der Waals surface area contributed by atoms with Gasteiger partial charge in [0.05, 0.1) is 25.9 Å². The maximum atomic E-state index is 11.6. The Hall–Kier alpha value is -0.0100. The van der Waals surface area contributed by atoms with Crippen LogP contribution in [-0.4, -0.2) is 35.9 Å².